The van der Waals surface area contributed by atoms with Crippen LogP contribution in [-0.2, 0) is 0 Å². The van der Waals surface area contributed by atoms with Gasteiger partial charge in [-0.3, -0.25) is 0 Å². The Morgan fingerprint density at radius 2 is 1.80 bits per heavy atom. The topological polar surface area (TPSA) is 12.0 Å². The summed E-state index contributed by atoms with van der Waals surface area (Å²) < 4.78 is 39.9. The molecule has 1 N–H and O–H groups in total. The number of nitrogens with one attached hydrogen (secondary N) is 1. The predicted octanol–water partition coefficient (Wildman–Crippen LogP) is 4.46. The molecule has 0 amide bonds. The van der Waals surface area contributed by atoms with Crippen LogP contribution in [0.4, 0.5) is 13.2 Å². The second-order valence-electron chi connectivity index (χ2n) is 4.33. The second-order valence-corrected chi connectivity index (χ2v) is 4.74. The molecule has 2 aromatic carbocycles. The molecule has 0 aliphatic heterocycles. The highest BCUT2D eigenvalue weighted by atomic mass is 35.5. The summed E-state index contributed by atoms with van der Waals surface area (Å²) in [5.41, 5.74) is 0.970. The lowest BCUT2D eigenvalue weighted by Gasteiger charge is -2.20. The Kier molecular flexibility index (Phi) is 4.68. The Balaban J connectivity index is 2.51. The molecule has 106 valence electrons. The Morgan fingerprint density at radius 1 is 1.10 bits per heavy atom. The fourth-order valence-electron chi connectivity index (χ4n) is 2.06. The molecule has 0 saturated heterocycles. The predicted molar refractivity (Wildman–Crippen MR) is 73.3 cm³/mol. The van der Waals surface area contributed by atoms with Crippen LogP contribution < -0.4 is 5.32 Å². The highest BCUT2D eigenvalue weighted by Crippen LogP contribution is 2.30. The van der Waals surface area contributed by atoms with E-state index >= 15 is 0 Å². The minimum Gasteiger partial charge on any atom is -0.306 e. The summed E-state index contributed by atoms with van der Waals surface area (Å²) in [7, 11) is 0. The van der Waals surface area contributed by atoms with Crippen LogP contribution in [0, 0.1) is 17.5 Å². The van der Waals surface area contributed by atoms with Crippen LogP contribution in [0.15, 0.2) is 36.4 Å². The van der Waals surface area contributed by atoms with E-state index in [0.717, 1.165) is 12.1 Å². The summed E-state index contributed by atoms with van der Waals surface area (Å²) in [5.74, 6) is -2.39. The Labute approximate surface area is 120 Å². The van der Waals surface area contributed by atoms with Crippen LogP contribution in [0.5, 0.6) is 0 Å². The Morgan fingerprint density at radius 3 is 2.45 bits per heavy atom. The van der Waals surface area contributed by atoms with E-state index in [1.165, 1.54) is 12.1 Å². The van der Waals surface area contributed by atoms with E-state index in [4.69, 9.17) is 11.6 Å². The van der Waals surface area contributed by atoms with Crippen molar-refractivity contribution < 1.29 is 13.2 Å². The highest BCUT2D eigenvalue weighted by Gasteiger charge is 2.19. The third-order valence-electron chi connectivity index (χ3n) is 2.94. The monoisotopic (exact) mass is 299 g/mol. The first kappa shape index (κ1) is 14.9. The van der Waals surface area contributed by atoms with Crippen molar-refractivity contribution in [2.75, 3.05) is 6.54 Å². The maximum absolute atomic E-state index is 13.4. The van der Waals surface area contributed by atoms with E-state index in [2.05, 4.69) is 5.32 Å². The van der Waals surface area contributed by atoms with Crippen molar-refractivity contribution in [3.8, 4) is 0 Å². The van der Waals surface area contributed by atoms with Gasteiger partial charge in [-0.1, -0.05) is 30.7 Å². The molecule has 1 unspecified atom stereocenters. The van der Waals surface area contributed by atoms with Crippen molar-refractivity contribution in [1.29, 1.82) is 0 Å². The van der Waals surface area contributed by atoms with Gasteiger partial charge in [0.25, 0.3) is 0 Å². The van der Waals surface area contributed by atoms with Gasteiger partial charge in [-0.2, -0.15) is 0 Å². The molecule has 2 aromatic rings. The minimum atomic E-state index is -1.01. The number of halogens is 4. The molecule has 0 radical (unpaired) electrons. The number of rotatable bonds is 4. The third-order valence-corrected chi connectivity index (χ3v) is 3.27. The van der Waals surface area contributed by atoms with Gasteiger partial charge >= 0.3 is 0 Å². The fourth-order valence-corrected chi connectivity index (χ4v) is 2.32. The molecule has 1 atom stereocenters. The molecule has 0 aliphatic carbocycles. The maximum Gasteiger partial charge on any atom is 0.160 e. The highest BCUT2D eigenvalue weighted by molar-refractivity contribution is 6.31. The number of hydrogen-bond acceptors (Lipinski definition) is 1. The lowest BCUT2D eigenvalue weighted by Crippen LogP contribution is -2.22. The first-order valence-electron chi connectivity index (χ1n) is 6.16. The number of benzene rings is 2. The van der Waals surface area contributed by atoms with Gasteiger partial charge in [-0.15, -0.1) is 0 Å². The van der Waals surface area contributed by atoms with Gasteiger partial charge < -0.3 is 5.32 Å². The van der Waals surface area contributed by atoms with Crippen LogP contribution in [0.3, 0.4) is 0 Å². The lowest BCUT2D eigenvalue weighted by atomic mass is 9.98. The molecule has 0 fully saturated rings. The van der Waals surface area contributed by atoms with Gasteiger partial charge in [0.2, 0.25) is 0 Å². The summed E-state index contributed by atoms with van der Waals surface area (Å²) in [6.07, 6.45) is 0. The average Bonchev–Trinajstić information content (AvgIpc) is 2.40. The average molecular weight is 300 g/mol. The second kappa shape index (κ2) is 6.29. The molecule has 0 aliphatic rings. The van der Waals surface area contributed by atoms with Crippen LogP contribution in [0.25, 0.3) is 0 Å². The van der Waals surface area contributed by atoms with E-state index in [1.54, 1.807) is 12.1 Å². The molecule has 2 rings (SSSR count). The zero-order valence-electron chi connectivity index (χ0n) is 10.8. The molecule has 1 nitrogen and oxygen atoms in total. The van der Waals surface area contributed by atoms with Gasteiger partial charge in [0.1, 0.15) is 5.82 Å². The molecule has 0 aromatic heterocycles. The first-order valence-corrected chi connectivity index (χ1v) is 6.54. The van der Waals surface area contributed by atoms with Crippen LogP contribution in [0.1, 0.15) is 24.1 Å². The Hall–Kier alpha value is -1.52. The fraction of sp³-hybridized carbons (Fsp3) is 0.200. The third kappa shape index (κ3) is 3.14. The minimum absolute atomic E-state index is 0.0964. The number of hydrogen-bond donors (Lipinski definition) is 1. The molecule has 0 bridgehead atoms. The molecule has 20 heavy (non-hydrogen) atoms. The maximum atomic E-state index is 13.4. The SMILES string of the molecule is CCNC(c1cccc(F)c1)c1cc(F)c(F)cc1Cl. The molecule has 5 heteroatoms. The normalized spacial score (nSPS) is 12.4. The van der Waals surface area contributed by atoms with Crippen molar-refractivity contribution in [1.82, 2.24) is 5.32 Å². The van der Waals surface area contributed by atoms with E-state index in [-0.39, 0.29) is 5.02 Å². The standard InChI is InChI=1S/C15H13ClF3N/c1-2-20-15(9-4-3-5-10(17)6-9)11-7-13(18)14(19)8-12(11)16/h3-8,15,20H,2H2,1H3. The molecule has 0 heterocycles. The molecule has 0 saturated carbocycles. The molecular weight excluding hydrogens is 287 g/mol. The summed E-state index contributed by atoms with van der Waals surface area (Å²) in [4.78, 5) is 0. The summed E-state index contributed by atoms with van der Waals surface area (Å²) in [6.45, 7) is 2.43. The Bertz CT molecular complexity index is 616. The zero-order chi connectivity index (χ0) is 14.7. The van der Waals surface area contributed by atoms with Gasteiger partial charge in [0.05, 0.1) is 6.04 Å². The van der Waals surface area contributed by atoms with Gasteiger partial charge in [-0.05, 0) is 41.9 Å². The van der Waals surface area contributed by atoms with E-state index < -0.39 is 23.5 Å². The molecular formula is C15H13ClF3N. The summed E-state index contributed by atoms with van der Waals surface area (Å²) in [6, 6.07) is 7.38. The summed E-state index contributed by atoms with van der Waals surface area (Å²) in [5, 5.41) is 3.19. The van der Waals surface area contributed by atoms with Crippen LogP contribution in [-0.4, -0.2) is 6.54 Å². The van der Waals surface area contributed by atoms with E-state index in [0.29, 0.717) is 17.7 Å². The summed E-state index contributed by atoms with van der Waals surface area (Å²) >= 11 is 5.98. The van der Waals surface area contributed by atoms with Crippen LogP contribution >= 0.6 is 11.6 Å². The van der Waals surface area contributed by atoms with Crippen molar-refractivity contribution in [2.24, 2.45) is 0 Å². The largest absolute Gasteiger partial charge is 0.306 e. The van der Waals surface area contributed by atoms with Gasteiger partial charge in [0.15, 0.2) is 11.6 Å². The van der Waals surface area contributed by atoms with Crippen molar-refractivity contribution in [3.63, 3.8) is 0 Å². The van der Waals surface area contributed by atoms with Gasteiger partial charge in [-0.25, -0.2) is 13.2 Å². The zero-order valence-corrected chi connectivity index (χ0v) is 11.5. The van der Waals surface area contributed by atoms with Crippen molar-refractivity contribution in [2.45, 2.75) is 13.0 Å². The molecule has 0 spiro atoms. The van der Waals surface area contributed by atoms with Crippen molar-refractivity contribution in [3.05, 3.63) is 70.0 Å². The first-order chi connectivity index (χ1) is 9.52. The quantitative estimate of drug-likeness (QED) is 0.822. The lowest BCUT2D eigenvalue weighted by molar-refractivity contribution is 0.504. The van der Waals surface area contributed by atoms with Crippen molar-refractivity contribution >= 4 is 11.6 Å². The van der Waals surface area contributed by atoms with E-state index in [1.807, 2.05) is 6.92 Å². The smallest absolute Gasteiger partial charge is 0.160 e. The van der Waals surface area contributed by atoms with Gasteiger partial charge in [0, 0.05) is 5.02 Å². The van der Waals surface area contributed by atoms with Crippen LogP contribution in [0.2, 0.25) is 5.02 Å². The van der Waals surface area contributed by atoms with E-state index in [9.17, 15) is 13.2 Å².